The van der Waals surface area contributed by atoms with E-state index >= 15 is 0 Å². The van der Waals surface area contributed by atoms with Crippen molar-refractivity contribution in [2.24, 2.45) is 0 Å². The third-order valence-electron chi connectivity index (χ3n) is 4.88. The van der Waals surface area contributed by atoms with Gasteiger partial charge in [0, 0.05) is 19.3 Å². The molecule has 0 saturated heterocycles. The molecular weight excluding hydrogens is 312 g/mol. The van der Waals surface area contributed by atoms with E-state index in [-0.39, 0.29) is 11.8 Å². The van der Waals surface area contributed by atoms with Gasteiger partial charge in [0.1, 0.15) is 0 Å². The second-order valence-electron chi connectivity index (χ2n) is 7.10. The van der Waals surface area contributed by atoms with Gasteiger partial charge in [-0.05, 0) is 43.0 Å². The van der Waals surface area contributed by atoms with Crippen LogP contribution in [0.15, 0.2) is 48.5 Å². The summed E-state index contributed by atoms with van der Waals surface area (Å²) in [5.74, 6) is 0.0957. The maximum Gasteiger partial charge on any atom is 0.236 e. The Hall–Kier alpha value is -2.62. The van der Waals surface area contributed by atoms with E-state index in [1.807, 2.05) is 50.2 Å². The van der Waals surface area contributed by atoms with E-state index < -0.39 is 5.41 Å². The fourth-order valence-electron chi connectivity index (χ4n) is 3.37. The number of carbonyl (C=O) groups excluding carboxylic acids is 2. The Morgan fingerprint density at radius 2 is 1.80 bits per heavy atom. The van der Waals surface area contributed by atoms with E-state index in [2.05, 4.69) is 17.4 Å². The minimum Gasteiger partial charge on any atom is -0.355 e. The van der Waals surface area contributed by atoms with Gasteiger partial charge in [-0.1, -0.05) is 42.5 Å². The van der Waals surface area contributed by atoms with Crippen molar-refractivity contribution in [2.75, 3.05) is 18.5 Å². The molecule has 1 heterocycles. The molecule has 1 aliphatic rings. The standard InChI is InChI=1S/C21H24N2O2/c1-21(2)17-13-16(9-10-18(17)23(3)20(21)25)14-19(24)22-12-11-15-7-5-4-6-8-15/h4-10,13H,11-12,14H2,1-3H3,(H,22,24). The van der Waals surface area contributed by atoms with Crippen LogP contribution in [0, 0.1) is 0 Å². The zero-order chi connectivity index (χ0) is 18.0. The highest BCUT2D eigenvalue weighted by molar-refractivity contribution is 6.07. The molecule has 0 fully saturated rings. The van der Waals surface area contributed by atoms with Crippen molar-refractivity contribution in [3.8, 4) is 0 Å². The van der Waals surface area contributed by atoms with Crippen molar-refractivity contribution in [1.29, 1.82) is 0 Å². The number of anilines is 1. The number of rotatable bonds is 5. The zero-order valence-corrected chi connectivity index (χ0v) is 15.0. The highest BCUT2D eigenvalue weighted by atomic mass is 16.2. The predicted molar refractivity (Wildman–Crippen MR) is 99.7 cm³/mol. The zero-order valence-electron chi connectivity index (χ0n) is 15.0. The molecule has 3 rings (SSSR count). The summed E-state index contributed by atoms with van der Waals surface area (Å²) in [4.78, 5) is 26.2. The van der Waals surface area contributed by atoms with Crippen LogP contribution < -0.4 is 10.2 Å². The molecule has 0 saturated carbocycles. The minimum atomic E-state index is -0.538. The number of benzene rings is 2. The molecule has 0 atom stereocenters. The smallest absolute Gasteiger partial charge is 0.236 e. The van der Waals surface area contributed by atoms with Crippen molar-refractivity contribution >= 4 is 17.5 Å². The van der Waals surface area contributed by atoms with Crippen LogP contribution in [0.4, 0.5) is 5.69 Å². The van der Waals surface area contributed by atoms with E-state index in [1.54, 1.807) is 11.9 Å². The maximum atomic E-state index is 12.3. The fourth-order valence-corrected chi connectivity index (χ4v) is 3.37. The molecule has 2 aromatic carbocycles. The molecule has 25 heavy (non-hydrogen) atoms. The van der Waals surface area contributed by atoms with Crippen LogP contribution in [-0.2, 0) is 27.8 Å². The topological polar surface area (TPSA) is 49.4 Å². The highest BCUT2D eigenvalue weighted by Crippen LogP contribution is 2.41. The van der Waals surface area contributed by atoms with Gasteiger partial charge in [0.2, 0.25) is 11.8 Å². The second-order valence-corrected chi connectivity index (χ2v) is 7.10. The number of likely N-dealkylation sites (N-methyl/N-ethyl adjacent to an activating group) is 1. The first-order valence-corrected chi connectivity index (χ1v) is 8.62. The lowest BCUT2D eigenvalue weighted by Gasteiger charge is -2.16. The first kappa shape index (κ1) is 17.2. The van der Waals surface area contributed by atoms with Gasteiger partial charge in [-0.15, -0.1) is 0 Å². The molecular formula is C21H24N2O2. The Morgan fingerprint density at radius 1 is 1.08 bits per heavy atom. The number of nitrogens with one attached hydrogen (secondary N) is 1. The van der Waals surface area contributed by atoms with Crippen molar-refractivity contribution in [1.82, 2.24) is 5.32 Å². The van der Waals surface area contributed by atoms with E-state index in [0.29, 0.717) is 13.0 Å². The van der Waals surface area contributed by atoms with Crippen LogP contribution in [0.2, 0.25) is 0 Å². The molecule has 4 heteroatoms. The van der Waals surface area contributed by atoms with Gasteiger partial charge in [-0.2, -0.15) is 0 Å². The van der Waals surface area contributed by atoms with Crippen LogP contribution in [-0.4, -0.2) is 25.4 Å². The Bertz CT molecular complexity index is 797. The average molecular weight is 336 g/mol. The van der Waals surface area contributed by atoms with Gasteiger partial charge >= 0.3 is 0 Å². The quantitative estimate of drug-likeness (QED) is 0.913. The van der Waals surface area contributed by atoms with Gasteiger partial charge in [0.15, 0.2) is 0 Å². The van der Waals surface area contributed by atoms with Crippen LogP contribution in [0.3, 0.4) is 0 Å². The van der Waals surface area contributed by atoms with Crippen molar-refractivity contribution in [3.63, 3.8) is 0 Å². The molecule has 0 aliphatic carbocycles. The largest absolute Gasteiger partial charge is 0.355 e. The van der Waals surface area contributed by atoms with Gasteiger partial charge < -0.3 is 10.2 Å². The lowest BCUT2D eigenvalue weighted by molar-refractivity contribution is -0.122. The first-order valence-electron chi connectivity index (χ1n) is 8.62. The monoisotopic (exact) mass is 336 g/mol. The number of hydrogen-bond donors (Lipinski definition) is 1. The van der Waals surface area contributed by atoms with Crippen molar-refractivity contribution in [2.45, 2.75) is 32.1 Å². The Kier molecular flexibility index (Phi) is 4.62. The molecule has 2 aromatic rings. The lowest BCUT2D eigenvalue weighted by atomic mass is 9.85. The average Bonchev–Trinajstić information content (AvgIpc) is 2.77. The molecule has 0 aromatic heterocycles. The molecule has 130 valence electrons. The Labute approximate surface area is 148 Å². The van der Waals surface area contributed by atoms with Crippen molar-refractivity contribution in [3.05, 3.63) is 65.2 Å². The summed E-state index contributed by atoms with van der Waals surface area (Å²) in [7, 11) is 1.80. The Morgan fingerprint density at radius 3 is 2.52 bits per heavy atom. The summed E-state index contributed by atoms with van der Waals surface area (Å²) < 4.78 is 0. The van der Waals surface area contributed by atoms with Crippen molar-refractivity contribution < 1.29 is 9.59 Å². The normalized spacial score (nSPS) is 15.2. The number of hydrogen-bond acceptors (Lipinski definition) is 2. The third kappa shape index (κ3) is 3.43. The van der Waals surface area contributed by atoms with Gasteiger partial charge in [-0.3, -0.25) is 9.59 Å². The molecule has 0 unspecified atom stereocenters. The first-order chi connectivity index (χ1) is 11.9. The molecule has 4 nitrogen and oxygen atoms in total. The van der Waals surface area contributed by atoms with E-state index in [0.717, 1.165) is 23.2 Å². The number of nitrogens with zero attached hydrogens (tertiary/aromatic N) is 1. The van der Waals surface area contributed by atoms with Gasteiger partial charge in [0.25, 0.3) is 0 Å². The van der Waals surface area contributed by atoms with Crippen LogP contribution in [0.1, 0.15) is 30.5 Å². The molecule has 0 bridgehead atoms. The molecule has 1 N–H and O–H groups in total. The van der Waals surface area contributed by atoms with E-state index in [1.165, 1.54) is 5.56 Å². The van der Waals surface area contributed by atoms with E-state index in [4.69, 9.17) is 0 Å². The summed E-state index contributed by atoms with van der Waals surface area (Å²) >= 11 is 0. The van der Waals surface area contributed by atoms with Gasteiger partial charge in [-0.25, -0.2) is 0 Å². The molecule has 0 spiro atoms. The van der Waals surface area contributed by atoms with Crippen LogP contribution >= 0.6 is 0 Å². The summed E-state index contributed by atoms with van der Waals surface area (Å²) in [6.07, 6.45) is 1.15. The Balaban J connectivity index is 1.61. The SMILES string of the molecule is CN1C(=O)C(C)(C)c2cc(CC(=O)NCCc3ccccc3)ccc21. The lowest BCUT2D eigenvalue weighted by Crippen LogP contribution is -2.33. The van der Waals surface area contributed by atoms with E-state index in [9.17, 15) is 9.59 Å². The molecule has 2 amide bonds. The number of fused-ring (bicyclic) bond motifs is 1. The summed E-state index contributed by atoms with van der Waals surface area (Å²) in [5, 5.41) is 2.97. The summed E-state index contributed by atoms with van der Waals surface area (Å²) in [5.41, 5.74) is 3.54. The molecule has 0 radical (unpaired) electrons. The summed E-state index contributed by atoms with van der Waals surface area (Å²) in [6.45, 7) is 4.49. The maximum absolute atomic E-state index is 12.3. The van der Waals surface area contributed by atoms with Crippen LogP contribution in [0.25, 0.3) is 0 Å². The fraction of sp³-hybridized carbons (Fsp3) is 0.333. The predicted octanol–water partition coefficient (Wildman–Crippen LogP) is 2.84. The number of carbonyl (C=O) groups is 2. The minimum absolute atomic E-state index is 0.00589. The highest BCUT2D eigenvalue weighted by Gasteiger charge is 2.42. The second kappa shape index (κ2) is 6.71. The third-order valence-corrected chi connectivity index (χ3v) is 4.88. The van der Waals surface area contributed by atoms with Gasteiger partial charge in [0.05, 0.1) is 11.8 Å². The number of amides is 2. The summed E-state index contributed by atoms with van der Waals surface area (Å²) in [6, 6.07) is 16.0. The van der Waals surface area contributed by atoms with Crippen LogP contribution in [0.5, 0.6) is 0 Å². The molecule has 1 aliphatic heterocycles.